The highest BCUT2D eigenvalue weighted by Gasteiger charge is 2.32. The van der Waals surface area contributed by atoms with E-state index in [0.29, 0.717) is 0 Å². The number of carboxylic acid groups (broad SMARTS) is 1. The van der Waals surface area contributed by atoms with Gasteiger partial charge in [0.25, 0.3) is 5.69 Å². The molecule has 1 N–H and O–H groups in total. The smallest absolute Gasteiger partial charge is 0.335 e. The molecule has 1 heterocycles. The van der Waals surface area contributed by atoms with Gasteiger partial charge in [-0.05, 0) is 19.1 Å². The summed E-state index contributed by atoms with van der Waals surface area (Å²) < 4.78 is 23.1. The molecule has 0 saturated carbocycles. The van der Waals surface area contributed by atoms with Crippen molar-refractivity contribution in [2.75, 3.05) is 23.0 Å². The minimum Gasteiger partial charge on any atom is -0.478 e. The first-order valence-corrected chi connectivity index (χ1v) is 8.02. The molecule has 0 amide bonds. The van der Waals surface area contributed by atoms with Crippen LogP contribution in [0.1, 0.15) is 17.3 Å². The fraction of sp³-hybridized carbons (Fsp3) is 0.417. The Hall–Kier alpha value is -2.16. The number of hydrogen-bond donors (Lipinski definition) is 1. The highest BCUT2D eigenvalue weighted by molar-refractivity contribution is 7.91. The van der Waals surface area contributed by atoms with Crippen molar-refractivity contribution in [1.29, 1.82) is 0 Å². The fourth-order valence-corrected chi connectivity index (χ4v) is 3.96. The van der Waals surface area contributed by atoms with Crippen molar-refractivity contribution < 1.29 is 23.2 Å². The number of sulfone groups is 1. The van der Waals surface area contributed by atoms with Crippen LogP contribution in [0, 0.1) is 10.1 Å². The molecule has 0 aromatic heterocycles. The molecule has 0 radical (unpaired) electrons. The second-order valence-electron chi connectivity index (χ2n) is 4.92. The molecular weight excluding hydrogens is 300 g/mol. The van der Waals surface area contributed by atoms with E-state index in [-0.39, 0.29) is 35.0 Å². The lowest BCUT2D eigenvalue weighted by Gasteiger charge is -2.34. The average molecular weight is 314 g/mol. The van der Waals surface area contributed by atoms with Crippen molar-refractivity contribution in [3.8, 4) is 0 Å². The van der Waals surface area contributed by atoms with Gasteiger partial charge in [0.2, 0.25) is 0 Å². The number of hydrogen-bond acceptors (Lipinski definition) is 6. The average Bonchev–Trinajstić information content (AvgIpc) is 2.37. The Labute approximate surface area is 121 Å². The van der Waals surface area contributed by atoms with Crippen LogP contribution in [0.4, 0.5) is 11.4 Å². The van der Waals surface area contributed by atoms with Crippen molar-refractivity contribution in [3.63, 3.8) is 0 Å². The maximum Gasteiger partial charge on any atom is 0.335 e. The SMILES string of the molecule is CC1CS(=O)(=O)CCN1c1ccc(C(=O)O)cc1[N+](=O)[O-]. The Morgan fingerprint density at radius 1 is 1.48 bits per heavy atom. The van der Waals surface area contributed by atoms with Gasteiger partial charge in [-0.1, -0.05) is 0 Å². The van der Waals surface area contributed by atoms with Crippen molar-refractivity contribution in [2.24, 2.45) is 0 Å². The molecule has 0 bridgehead atoms. The lowest BCUT2D eigenvalue weighted by atomic mass is 10.1. The molecule has 1 aliphatic rings. The van der Waals surface area contributed by atoms with Crippen LogP contribution in [0.3, 0.4) is 0 Å². The molecular formula is C12H14N2O6S. The van der Waals surface area contributed by atoms with Gasteiger partial charge in [-0.25, -0.2) is 13.2 Å². The molecule has 1 aliphatic heterocycles. The minimum atomic E-state index is -3.13. The van der Waals surface area contributed by atoms with Gasteiger partial charge in [-0.3, -0.25) is 10.1 Å². The molecule has 114 valence electrons. The standard InChI is InChI=1S/C12H14N2O6S/c1-8-7-21(19,20)5-4-13(8)10-3-2-9(12(15)16)6-11(10)14(17)18/h2-3,6,8H,4-5,7H2,1H3,(H,15,16). The van der Waals surface area contributed by atoms with Crippen molar-refractivity contribution in [2.45, 2.75) is 13.0 Å². The first-order valence-electron chi connectivity index (χ1n) is 6.20. The summed E-state index contributed by atoms with van der Waals surface area (Å²) >= 11 is 0. The third-order valence-corrected chi connectivity index (χ3v) is 5.19. The van der Waals surface area contributed by atoms with E-state index < -0.39 is 26.8 Å². The topological polar surface area (TPSA) is 118 Å². The molecule has 1 aromatic carbocycles. The Morgan fingerprint density at radius 2 is 2.14 bits per heavy atom. The molecule has 9 heteroatoms. The first-order chi connectivity index (χ1) is 9.71. The lowest BCUT2D eigenvalue weighted by Crippen LogP contribution is -2.47. The molecule has 2 rings (SSSR count). The summed E-state index contributed by atoms with van der Waals surface area (Å²) in [5.74, 6) is -1.40. The summed E-state index contributed by atoms with van der Waals surface area (Å²) in [5, 5.41) is 20.0. The number of nitro benzene ring substituents is 1. The number of rotatable bonds is 3. The third-order valence-electron chi connectivity index (χ3n) is 3.40. The van der Waals surface area contributed by atoms with Gasteiger partial charge in [-0.2, -0.15) is 0 Å². The van der Waals surface area contributed by atoms with Crippen LogP contribution in [0.25, 0.3) is 0 Å². The summed E-state index contributed by atoms with van der Waals surface area (Å²) in [4.78, 5) is 23.0. The van der Waals surface area contributed by atoms with E-state index in [9.17, 15) is 23.3 Å². The molecule has 1 unspecified atom stereocenters. The number of anilines is 1. The summed E-state index contributed by atoms with van der Waals surface area (Å²) in [6.45, 7) is 1.82. The molecule has 1 fully saturated rings. The van der Waals surface area contributed by atoms with Gasteiger partial charge >= 0.3 is 5.97 Å². The zero-order valence-corrected chi connectivity index (χ0v) is 12.0. The number of benzene rings is 1. The van der Waals surface area contributed by atoms with Crippen LogP contribution in [0.5, 0.6) is 0 Å². The molecule has 1 saturated heterocycles. The van der Waals surface area contributed by atoms with Gasteiger partial charge < -0.3 is 10.0 Å². The summed E-state index contributed by atoms with van der Waals surface area (Å²) in [5.41, 5.74) is -0.267. The van der Waals surface area contributed by atoms with Gasteiger partial charge in [0, 0.05) is 18.7 Å². The predicted octanol–water partition coefficient (Wildman–Crippen LogP) is 0.916. The zero-order chi connectivity index (χ0) is 15.8. The normalized spacial score (nSPS) is 21.0. The largest absolute Gasteiger partial charge is 0.478 e. The van der Waals surface area contributed by atoms with E-state index >= 15 is 0 Å². The summed E-state index contributed by atoms with van der Waals surface area (Å²) in [6.07, 6.45) is 0. The summed E-state index contributed by atoms with van der Waals surface area (Å²) in [7, 11) is -3.13. The number of nitro groups is 1. The maximum atomic E-state index is 11.6. The van der Waals surface area contributed by atoms with E-state index in [2.05, 4.69) is 0 Å². The predicted molar refractivity (Wildman–Crippen MR) is 75.5 cm³/mol. The fourth-order valence-electron chi connectivity index (χ4n) is 2.40. The quantitative estimate of drug-likeness (QED) is 0.651. The van der Waals surface area contributed by atoms with Gasteiger partial charge in [-0.15, -0.1) is 0 Å². The second kappa shape index (κ2) is 5.32. The van der Waals surface area contributed by atoms with Gasteiger partial charge in [0.1, 0.15) is 5.69 Å². The van der Waals surface area contributed by atoms with Crippen LogP contribution in [0.15, 0.2) is 18.2 Å². The molecule has 8 nitrogen and oxygen atoms in total. The Kier molecular flexibility index (Phi) is 3.86. The Bertz CT molecular complexity index is 700. The molecule has 0 spiro atoms. The van der Waals surface area contributed by atoms with Crippen molar-refractivity contribution >= 4 is 27.2 Å². The number of nitrogens with zero attached hydrogens (tertiary/aromatic N) is 2. The first kappa shape index (κ1) is 15.2. The van der Waals surface area contributed by atoms with E-state index in [1.807, 2.05) is 0 Å². The van der Waals surface area contributed by atoms with Crippen molar-refractivity contribution in [1.82, 2.24) is 0 Å². The Balaban J connectivity index is 2.44. The van der Waals surface area contributed by atoms with Gasteiger partial charge in [0.05, 0.1) is 22.0 Å². The number of carboxylic acids is 1. The molecule has 1 atom stereocenters. The number of carbonyl (C=O) groups is 1. The number of aromatic carboxylic acids is 1. The molecule has 21 heavy (non-hydrogen) atoms. The second-order valence-corrected chi connectivity index (χ2v) is 7.15. The molecule has 1 aromatic rings. The van der Waals surface area contributed by atoms with Crippen LogP contribution in [-0.4, -0.2) is 48.5 Å². The van der Waals surface area contributed by atoms with E-state index in [1.165, 1.54) is 12.1 Å². The van der Waals surface area contributed by atoms with E-state index in [0.717, 1.165) is 6.07 Å². The highest BCUT2D eigenvalue weighted by atomic mass is 32.2. The maximum absolute atomic E-state index is 11.6. The third kappa shape index (κ3) is 3.13. The van der Waals surface area contributed by atoms with Crippen LogP contribution in [0.2, 0.25) is 0 Å². The van der Waals surface area contributed by atoms with Crippen molar-refractivity contribution in [3.05, 3.63) is 33.9 Å². The highest BCUT2D eigenvalue weighted by Crippen LogP contribution is 2.32. The van der Waals surface area contributed by atoms with E-state index in [1.54, 1.807) is 11.8 Å². The van der Waals surface area contributed by atoms with Crippen LogP contribution >= 0.6 is 0 Å². The van der Waals surface area contributed by atoms with Gasteiger partial charge in [0.15, 0.2) is 9.84 Å². The monoisotopic (exact) mass is 314 g/mol. The zero-order valence-electron chi connectivity index (χ0n) is 11.2. The van der Waals surface area contributed by atoms with E-state index in [4.69, 9.17) is 5.11 Å². The van der Waals surface area contributed by atoms with Crippen LogP contribution < -0.4 is 4.90 Å². The lowest BCUT2D eigenvalue weighted by molar-refractivity contribution is -0.384. The van der Waals surface area contributed by atoms with Crippen LogP contribution in [-0.2, 0) is 9.84 Å². The minimum absolute atomic E-state index is 0.0742. The molecule has 0 aliphatic carbocycles. The Morgan fingerprint density at radius 3 is 2.67 bits per heavy atom. The summed E-state index contributed by atoms with van der Waals surface area (Å²) in [6, 6.07) is 3.22.